The molecule has 0 unspecified atom stereocenters. The summed E-state index contributed by atoms with van der Waals surface area (Å²) in [4.78, 5) is 0. The Morgan fingerprint density at radius 2 is 2.25 bits per heavy atom. The maximum atomic E-state index is 2.22. The fraction of sp³-hybridized carbons (Fsp3) is 0. The summed E-state index contributed by atoms with van der Waals surface area (Å²) in [5.74, 6) is 4.44. The van der Waals surface area contributed by atoms with Crippen LogP contribution in [0.25, 0.3) is 0 Å². The van der Waals surface area contributed by atoms with Crippen LogP contribution in [-0.4, -0.2) is 5.80 Å². The lowest BCUT2D eigenvalue weighted by Crippen LogP contribution is -1.73. The molecule has 8 heavy (non-hydrogen) atoms. The third-order valence-corrected chi connectivity index (χ3v) is 2.17. The highest BCUT2D eigenvalue weighted by Crippen LogP contribution is 2.26. The molecular formula is C7H5P. The summed E-state index contributed by atoms with van der Waals surface area (Å²) in [5, 5.41) is 0. The standard InChI is InChI=1S/C7H5P/c1-2-6-4-8-5-7(6)3-1/h1-5H. The summed E-state index contributed by atoms with van der Waals surface area (Å²) >= 11 is 0. The monoisotopic (exact) mass is 120 g/mol. The molecule has 0 bridgehead atoms. The van der Waals surface area contributed by atoms with Crippen molar-refractivity contribution in [2.24, 2.45) is 0 Å². The van der Waals surface area contributed by atoms with Gasteiger partial charge >= 0.3 is 0 Å². The molecule has 1 aliphatic heterocycles. The van der Waals surface area contributed by atoms with Gasteiger partial charge in [-0.3, -0.25) is 0 Å². The van der Waals surface area contributed by atoms with Crippen LogP contribution in [0.2, 0.25) is 0 Å². The average Bonchev–Trinajstić information content (AvgIpc) is 2.15. The number of hydrogen-bond donors (Lipinski definition) is 0. The Morgan fingerprint density at radius 3 is 3.12 bits per heavy atom. The Hall–Kier alpha value is -0.610. The predicted octanol–water partition coefficient (Wildman–Crippen LogP) is 2.13. The van der Waals surface area contributed by atoms with Crippen LogP contribution in [0.3, 0.4) is 0 Å². The van der Waals surface area contributed by atoms with Crippen molar-refractivity contribution in [2.75, 3.05) is 0 Å². The summed E-state index contributed by atoms with van der Waals surface area (Å²) in [5.41, 5.74) is 2.79. The van der Waals surface area contributed by atoms with Crippen molar-refractivity contribution in [1.29, 1.82) is 0 Å². The zero-order chi connectivity index (χ0) is 5.40. The van der Waals surface area contributed by atoms with Gasteiger partial charge in [0.2, 0.25) is 0 Å². The van der Waals surface area contributed by atoms with E-state index in [1.54, 1.807) is 0 Å². The quantitative estimate of drug-likeness (QED) is 0.429. The fourth-order valence-corrected chi connectivity index (χ4v) is 1.75. The van der Waals surface area contributed by atoms with E-state index in [9.17, 15) is 0 Å². The Kier molecular flexibility index (Phi) is 0.767. The first-order chi connectivity index (χ1) is 3.97. The van der Waals surface area contributed by atoms with E-state index in [0.717, 1.165) is 0 Å². The smallest absolute Gasteiger partial charge is 0.0135 e. The van der Waals surface area contributed by atoms with Crippen LogP contribution in [0.4, 0.5) is 0 Å². The number of hydrogen-bond acceptors (Lipinski definition) is 0. The van der Waals surface area contributed by atoms with E-state index in [4.69, 9.17) is 0 Å². The van der Waals surface area contributed by atoms with E-state index >= 15 is 0 Å². The van der Waals surface area contributed by atoms with Gasteiger partial charge in [0.15, 0.2) is 0 Å². The first kappa shape index (κ1) is 4.29. The summed E-state index contributed by atoms with van der Waals surface area (Å²) in [6.07, 6.45) is 6.38. The Morgan fingerprint density at radius 1 is 1.25 bits per heavy atom. The molecule has 0 spiro atoms. The normalized spacial score (nSPS) is 23.0. The zero-order valence-corrected chi connectivity index (χ0v) is 5.23. The Balaban J connectivity index is 2.59. The average molecular weight is 120 g/mol. The molecule has 0 aromatic heterocycles. The second-order valence-electron chi connectivity index (χ2n) is 1.84. The molecule has 0 aromatic rings. The van der Waals surface area contributed by atoms with Crippen molar-refractivity contribution >= 4 is 14.0 Å². The first-order valence-electron chi connectivity index (χ1n) is 2.59. The molecule has 0 amide bonds. The van der Waals surface area contributed by atoms with Gasteiger partial charge in [-0.1, -0.05) is 26.4 Å². The first-order valence-corrected chi connectivity index (χ1v) is 3.62. The molecule has 0 aromatic carbocycles. The zero-order valence-electron chi connectivity index (χ0n) is 4.33. The number of allylic oxidation sites excluding steroid dienone is 5. The van der Waals surface area contributed by atoms with Crippen molar-refractivity contribution in [3.05, 3.63) is 35.2 Å². The van der Waals surface area contributed by atoms with E-state index < -0.39 is 0 Å². The van der Waals surface area contributed by atoms with Crippen LogP contribution in [0.5, 0.6) is 0 Å². The van der Waals surface area contributed by atoms with Gasteiger partial charge < -0.3 is 0 Å². The van der Waals surface area contributed by atoms with Crippen molar-refractivity contribution in [3.63, 3.8) is 0 Å². The second kappa shape index (κ2) is 1.43. The van der Waals surface area contributed by atoms with Gasteiger partial charge in [0.25, 0.3) is 0 Å². The van der Waals surface area contributed by atoms with Crippen molar-refractivity contribution < 1.29 is 0 Å². The van der Waals surface area contributed by atoms with Crippen LogP contribution in [0.1, 0.15) is 0 Å². The van der Waals surface area contributed by atoms with Crippen LogP contribution in [0.15, 0.2) is 35.2 Å². The van der Waals surface area contributed by atoms with Crippen LogP contribution < -0.4 is 0 Å². The summed E-state index contributed by atoms with van der Waals surface area (Å²) < 4.78 is 0. The molecule has 1 heteroatoms. The highest BCUT2D eigenvalue weighted by Gasteiger charge is 2.04. The molecule has 0 radical (unpaired) electrons. The van der Waals surface area contributed by atoms with Gasteiger partial charge in [0, 0.05) is 0 Å². The number of rotatable bonds is 0. The van der Waals surface area contributed by atoms with E-state index in [0.29, 0.717) is 0 Å². The lowest BCUT2D eigenvalue weighted by atomic mass is 10.2. The molecule has 0 fully saturated rings. The van der Waals surface area contributed by atoms with Gasteiger partial charge in [-0.15, -0.1) is 0 Å². The topological polar surface area (TPSA) is 0 Å². The Labute approximate surface area is 50.0 Å². The van der Waals surface area contributed by atoms with Gasteiger partial charge in [-0.05, 0) is 22.8 Å². The molecule has 1 aliphatic carbocycles. The molecule has 38 valence electrons. The molecule has 1 heterocycles. The third kappa shape index (κ3) is 0.439. The van der Waals surface area contributed by atoms with Crippen molar-refractivity contribution in [3.8, 4) is 0 Å². The predicted molar refractivity (Wildman–Crippen MR) is 38.3 cm³/mol. The van der Waals surface area contributed by atoms with Gasteiger partial charge in [0.1, 0.15) is 0 Å². The molecular weight excluding hydrogens is 115 g/mol. The van der Waals surface area contributed by atoms with Crippen molar-refractivity contribution in [2.45, 2.75) is 0 Å². The maximum Gasteiger partial charge on any atom is -0.0135 e. The molecule has 2 aliphatic rings. The fourth-order valence-electron chi connectivity index (χ4n) is 0.881. The number of fused-ring (bicyclic) bond motifs is 1. The summed E-state index contributed by atoms with van der Waals surface area (Å²) in [6.45, 7) is 0. The molecule has 0 nitrogen and oxygen atoms in total. The molecule has 2 rings (SSSR count). The van der Waals surface area contributed by atoms with Crippen LogP contribution >= 0.6 is 8.20 Å². The van der Waals surface area contributed by atoms with E-state index in [1.807, 2.05) is 0 Å². The highest BCUT2D eigenvalue weighted by molar-refractivity contribution is 7.43. The lowest BCUT2D eigenvalue weighted by molar-refractivity contribution is 1.77. The maximum absolute atomic E-state index is 2.22. The second-order valence-corrected chi connectivity index (χ2v) is 2.66. The van der Waals surface area contributed by atoms with Gasteiger partial charge in [-0.2, -0.15) is 0 Å². The van der Waals surface area contributed by atoms with Gasteiger partial charge in [-0.25, -0.2) is 0 Å². The van der Waals surface area contributed by atoms with E-state index in [-0.39, 0.29) is 0 Å². The highest BCUT2D eigenvalue weighted by atomic mass is 31.1. The third-order valence-electron chi connectivity index (χ3n) is 1.31. The van der Waals surface area contributed by atoms with Crippen molar-refractivity contribution in [1.82, 2.24) is 0 Å². The minimum absolute atomic E-state index is 1.34. The molecule has 0 N–H and O–H groups in total. The summed E-state index contributed by atoms with van der Waals surface area (Å²) in [6, 6.07) is 0. The SMILES string of the molecule is C1=CC2=CP=CC2=C1. The summed E-state index contributed by atoms with van der Waals surface area (Å²) in [7, 11) is 1.34. The molecule has 0 saturated heterocycles. The van der Waals surface area contributed by atoms with E-state index in [1.165, 1.54) is 19.4 Å². The molecule has 0 saturated carbocycles. The minimum atomic E-state index is 1.34. The Bertz CT molecular complexity index is 203. The van der Waals surface area contributed by atoms with E-state index in [2.05, 4.69) is 29.8 Å². The molecule has 0 atom stereocenters. The minimum Gasteiger partial charge on any atom is -0.0752 e. The van der Waals surface area contributed by atoms with Crippen LogP contribution in [-0.2, 0) is 0 Å². The van der Waals surface area contributed by atoms with Crippen LogP contribution in [0, 0.1) is 0 Å². The van der Waals surface area contributed by atoms with Gasteiger partial charge in [0.05, 0.1) is 0 Å². The lowest BCUT2D eigenvalue weighted by Gasteiger charge is -1.84. The largest absolute Gasteiger partial charge is 0.0752 e.